The molecule has 17 heavy (non-hydrogen) atoms. The number of rotatable bonds is 5. The maximum Gasteiger partial charge on any atom is 0.240 e. The summed E-state index contributed by atoms with van der Waals surface area (Å²) in [6.07, 6.45) is 6.20. The van der Waals surface area contributed by atoms with E-state index in [1.54, 1.807) is 12.1 Å². The van der Waals surface area contributed by atoms with Crippen LogP contribution in [0.2, 0.25) is 0 Å². The molecule has 0 spiro atoms. The predicted octanol–water partition coefficient (Wildman–Crippen LogP) is 1.35. The maximum absolute atomic E-state index is 12.0. The first-order valence-electron chi connectivity index (χ1n) is 5.31. The first-order valence-corrected chi connectivity index (χ1v) is 6.79. The van der Waals surface area contributed by atoms with Crippen molar-refractivity contribution in [3.63, 3.8) is 0 Å². The van der Waals surface area contributed by atoms with Gasteiger partial charge in [0.25, 0.3) is 0 Å². The maximum atomic E-state index is 12.0. The van der Waals surface area contributed by atoms with Crippen LogP contribution in [-0.2, 0) is 10.0 Å². The summed E-state index contributed by atoms with van der Waals surface area (Å²) < 4.78 is 26.5. The Hall–Kier alpha value is -1.51. The van der Waals surface area contributed by atoms with Gasteiger partial charge in [-0.3, -0.25) is 0 Å². The molecule has 1 aromatic carbocycles. The van der Waals surface area contributed by atoms with Crippen molar-refractivity contribution in [2.24, 2.45) is 0 Å². The van der Waals surface area contributed by atoms with Crippen LogP contribution in [0.25, 0.3) is 0 Å². The smallest absolute Gasteiger partial charge is 0.240 e. The fourth-order valence-corrected chi connectivity index (χ4v) is 2.75. The van der Waals surface area contributed by atoms with Crippen LogP contribution in [0, 0.1) is 12.3 Å². The zero-order chi connectivity index (χ0) is 12.9. The van der Waals surface area contributed by atoms with Gasteiger partial charge in [-0.05, 0) is 24.6 Å². The lowest BCUT2D eigenvalue weighted by Gasteiger charge is -2.14. The van der Waals surface area contributed by atoms with E-state index in [1.807, 2.05) is 6.92 Å². The number of nitrogen functional groups attached to an aromatic ring is 1. The zero-order valence-electron chi connectivity index (χ0n) is 9.68. The molecule has 5 heteroatoms. The summed E-state index contributed by atoms with van der Waals surface area (Å²) in [6.45, 7) is 1.88. The highest BCUT2D eigenvalue weighted by atomic mass is 32.2. The number of benzene rings is 1. The molecule has 0 aliphatic heterocycles. The van der Waals surface area contributed by atoms with E-state index in [4.69, 9.17) is 12.2 Å². The van der Waals surface area contributed by atoms with Crippen LogP contribution in [0.3, 0.4) is 0 Å². The van der Waals surface area contributed by atoms with Gasteiger partial charge < -0.3 is 5.73 Å². The topological polar surface area (TPSA) is 72.2 Å². The average molecular weight is 252 g/mol. The number of anilines is 1. The lowest BCUT2D eigenvalue weighted by Crippen LogP contribution is -2.34. The van der Waals surface area contributed by atoms with Gasteiger partial charge in [0, 0.05) is 18.2 Å². The largest absolute Gasteiger partial charge is 0.399 e. The molecule has 0 saturated carbocycles. The Kier molecular flexibility index (Phi) is 4.55. The van der Waals surface area contributed by atoms with Crippen LogP contribution in [-0.4, -0.2) is 14.5 Å². The molecule has 1 aromatic rings. The number of sulfonamides is 1. The molecule has 1 unspecified atom stereocenters. The monoisotopic (exact) mass is 252 g/mol. The highest BCUT2D eigenvalue weighted by molar-refractivity contribution is 7.89. The Morgan fingerprint density at radius 3 is 2.76 bits per heavy atom. The van der Waals surface area contributed by atoms with Crippen LogP contribution in [0.5, 0.6) is 0 Å². The Morgan fingerprint density at radius 1 is 1.53 bits per heavy atom. The standard InChI is InChI=1S/C12H16N2O2S/c1-3-6-11(4-2)14-17(15,16)12-8-5-7-10(13)9-12/h1,5,7-9,11,14H,4,6,13H2,2H3. The Balaban J connectivity index is 2.93. The van der Waals surface area contributed by atoms with Crippen molar-refractivity contribution < 1.29 is 8.42 Å². The third-order valence-corrected chi connectivity index (χ3v) is 3.87. The Morgan fingerprint density at radius 2 is 2.24 bits per heavy atom. The van der Waals surface area contributed by atoms with E-state index in [9.17, 15) is 8.42 Å². The second-order valence-corrected chi connectivity index (χ2v) is 5.42. The van der Waals surface area contributed by atoms with Gasteiger partial charge in [0.2, 0.25) is 10.0 Å². The highest BCUT2D eigenvalue weighted by Gasteiger charge is 2.18. The molecule has 0 heterocycles. The SMILES string of the molecule is C#CCC(CC)NS(=O)(=O)c1cccc(N)c1. The van der Waals surface area contributed by atoms with Gasteiger partial charge in [-0.1, -0.05) is 13.0 Å². The second kappa shape index (κ2) is 5.71. The van der Waals surface area contributed by atoms with Gasteiger partial charge in [-0.15, -0.1) is 12.3 Å². The van der Waals surface area contributed by atoms with E-state index in [-0.39, 0.29) is 10.9 Å². The van der Waals surface area contributed by atoms with Gasteiger partial charge in [0.05, 0.1) is 4.90 Å². The van der Waals surface area contributed by atoms with Gasteiger partial charge in [-0.25, -0.2) is 13.1 Å². The van der Waals surface area contributed by atoms with Crippen molar-refractivity contribution in [2.45, 2.75) is 30.7 Å². The summed E-state index contributed by atoms with van der Waals surface area (Å²) in [5, 5.41) is 0. The molecule has 0 aromatic heterocycles. The van der Waals surface area contributed by atoms with Crippen LogP contribution in [0.4, 0.5) is 5.69 Å². The van der Waals surface area contributed by atoms with Crippen LogP contribution in [0.15, 0.2) is 29.2 Å². The molecule has 0 amide bonds. The molecule has 0 fully saturated rings. The van der Waals surface area contributed by atoms with Crippen molar-refractivity contribution in [1.29, 1.82) is 0 Å². The molecule has 0 aliphatic carbocycles. The van der Waals surface area contributed by atoms with E-state index in [0.29, 0.717) is 18.5 Å². The zero-order valence-corrected chi connectivity index (χ0v) is 10.5. The molecule has 0 saturated heterocycles. The lowest BCUT2D eigenvalue weighted by molar-refractivity contribution is 0.544. The molecule has 0 aliphatic rings. The summed E-state index contributed by atoms with van der Waals surface area (Å²) in [6, 6.07) is 5.92. The summed E-state index contributed by atoms with van der Waals surface area (Å²) in [5.41, 5.74) is 5.97. The van der Waals surface area contributed by atoms with E-state index < -0.39 is 10.0 Å². The lowest BCUT2D eigenvalue weighted by atomic mass is 10.2. The number of hydrogen-bond donors (Lipinski definition) is 2. The molecule has 1 rings (SSSR count). The summed E-state index contributed by atoms with van der Waals surface area (Å²) in [5.74, 6) is 2.45. The van der Waals surface area contributed by atoms with Crippen LogP contribution < -0.4 is 10.5 Å². The molecule has 92 valence electrons. The number of nitrogens with two attached hydrogens (primary N) is 1. The second-order valence-electron chi connectivity index (χ2n) is 3.71. The van der Waals surface area contributed by atoms with Gasteiger partial charge in [0.15, 0.2) is 0 Å². The van der Waals surface area contributed by atoms with E-state index in [2.05, 4.69) is 10.6 Å². The van der Waals surface area contributed by atoms with Gasteiger partial charge in [0.1, 0.15) is 0 Å². The number of nitrogens with one attached hydrogen (secondary N) is 1. The fourth-order valence-electron chi connectivity index (χ4n) is 1.38. The molecule has 1 atom stereocenters. The molecular formula is C12H16N2O2S. The number of hydrogen-bond acceptors (Lipinski definition) is 3. The van der Waals surface area contributed by atoms with Crippen molar-refractivity contribution in [3.8, 4) is 12.3 Å². The minimum absolute atomic E-state index is 0.160. The van der Waals surface area contributed by atoms with Gasteiger partial charge >= 0.3 is 0 Å². The first-order chi connectivity index (χ1) is 7.99. The minimum atomic E-state index is -3.54. The molecule has 0 bridgehead atoms. The summed E-state index contributed by atoms with van der Waals surface area (Å²) in [7, 11) is -3.54. The quantitative estimate of drug-likeness (QED) is 0.613. The van der Waals surface area contributed by atoms with Crippen molar-refractivity contribution >= 4 is 15.7 Å². The van der Waals surface area contributed by atoms with E-state index >= 15 is 0 Å². The molecule has 4 nitrogen and oxygen atoms in total. The highest BCUT2D eigenvalue weighted by Crippen LogP contribution is 2.14. The molecule has 0 radical (unpaired) electrons. The predicted molar refractivity (Wildman–Crippen MR) is 68.7 cm³/mol. The van der Waals surface area contributed by atoms with Crippen molar-refractivity contribution in [3.05, 3.63) is 24.3 Å². The van der Waals surface area contributed by atoms with E-state index in [1.165, 1.54) is 12.1 Å². The number of terminal acetylenes is 1. The normalized spacial score (nSPS) is 12.9. The van der Waals surface area contributed by atoms with E-state index in [0.717, 1.165) is 0 Å². The van der Waals surface area contributed by atoms with Crippen molar-refractivity contribution in [2.75, 3.05) is 5.73 Å². The van der Waals surface area contributed by atoms with Gasteiger partial charge in [-0.2, -0.15) is 0 Å². The summed E-state index contributed by atoms with van der Waals surface area (Å²) in [4.78, 5) is 0.160. The summed E-state index contributed by atoms with van der Waals surface area (Å²) >= 11 is 0. The van der Waals surface area contributed by atoms with Crippen LogP contribution in [0.1, 0.15) is 19.8 Å². The Bertz CT molecular complexity index is 518. The fraction of sp³-hybridized carbons (Fsp3) is 0.333. The Labute approximate surface area is 102 Å². The van der Waals surface area contributed by atoms with Crippen molar-refractivity contribution in [1.82, 2.24) is 4.72 Å². The average Bonchev–Trinajstić information content (AvgIpc) is 2.28. The first kappa shape index (κ1) is 13.6. The molecule has 3 N–H and O–H groups in total. The van der Waals surface area contributed by atoms with Crippen LogP contribution >= 0.6 is 0 Å². The minimum Gasteiger partial charge on any atom is -0.399 e. The third-order valence-electron chi connectivity index (χ3n) is 2.35. The molecular weight excluding hydrogens is 236 g/mol. The third kappa shape index (κ3) is 3.77.